The molecule has 1 heterocycles. The molecular formula is C20H20FN3O. The first-order valence-corrected chi connectivity index (χ1v) is 8.14. The molecule has 1 atom stereocenters. The Morgan fingerprint density at radius 1 is 1.00 bits per heavy atom. The molecule has 0 saturated heterocycles. The average Bonchev–Trinajstić information content (AvgIpc) is 2.61. The number of aryl methyl sites for hydroxylation is 2. The zero-order valence-corrected chi connectivity index (χ0v) is 14.7. The van der Waals surface area contributed by atoms with Gasteiger partial charge in [-0.15, -0.1) is 0 Å². The van der Waals surface area contributed by atoms with Gasteiger partial charge in [0.25, 0.3) is 5.91 Å². The van der Waals surface area contributed by atoms with Gasteiger partial charge in [-0.1, -0.05) is 12.1 Å². The minimum absolute atomic E-state index is 0.112. The van der Waals surface area contributed by atoms with Gasteiger partial charge in [-0.3, -0.25) is 4.79 Å². The standard InChI is InChI=1S/C20H20FN3O/c1-12-13(2)23-19-11-16(7-10-18(19)22-12)20(25)24(4)14(3)15-5-8-17(21)9-6-15/h5-11,14H,1-4H3. The van der Waals surface area contributed by atoms with E-state index < -0.39 is 0 Å². The predicted molar refractivity (Wildman–Crippen MR) is 95.9 cm³/mol. The Labute approximate surface area is 146 Å². The van der Waals surface area contributed by atoms with Gasteiger partial charge in [-0.05, 0) is 56.7 Å². The molecule has 0 radical (unpaired) electrons. The second-order valence-corrected chi connectivity index (χ2v) is 6.24. The predicted octanol–water partition coefficient (Wildman–Crippen LogP) is 4.22. The summed E-state index contributed by atoms with van der Waals surface area (Å²) in [6.45, 7) is 5.73. The summed E-state index contributed by atoms with van der Waals surface area (Å²) in [6, 6.07) is 11.4. The molecule has 1 aromatic heterocycles. The van der Waals surface area contributed by atoms with Gasteiger partial charge < -0.3 is 4.90 Å². The van der Waals surface area contributed by atoms with Crippen LogP contribution < -0.4 is 0 Å². The van der Waals surface area contributed by atoms with Gasteiger partial charge in [0.15, 0.2) is 0 Å². The third kappa shape index (κ3) is 3.36. The molecule has 0 bridgehead atoms. The molecule has 1 amide bonds. The van der Waals surface area contributed by atoms with Crippen LogP contribution in [0.2, 0.25) is 0 Å². The van der Waals surface area contributed by atoms with Crippen molar-refractivity contribution in [2.24, 2.45) is 0 Å². The Hall–Kier alpha value is -2.82. The van der Waals surface area contributed by atoms with Gasteiger partial charge in [-0.2, -0.15) is 0 Å². The highest BCUT2D eigenvalue weighted by Gasteiger charge is 2.19. The zero-order valence-electron chi connectivity index (χ0n) is 14.7. The summed E-state index contributed by atoms with van der Waals surface area (Å²) in [5.41, 5.74) is 4.65. The summed E-state index contributed by atoms with van der Waals surface area (Å²) in [5.74, 6) is -0.401. The molecule has 0 fully saturated rings. The molecule has 0 aliphatic rings. The fourth-order valence-electron chi connectivity index (χ4n) is 2.71. The van der Waals surface area contributed by atoms with Gasteiger partial charge >= 0.3 is 0 Å². The minimum atomic E-state index is -0.288. The molecule has 2 aromatic carbocycles. The number of fused-ring (bicyclic) bond motifs is 1. The summed E-state index contributed by atoms with van der Waals surface area (Å²) in [7, 11) is 1.74. The number of benzene rings is 2. The van der Waals surface area contributed by atoms with E-state index in [0.29, 0.717) is 11.1 Å². The Balaban J connectivity index is 1.90. The molecule has 0 spiro atoms. The lowest BCUT2D eigenvalue weighted by atomic mass is 10.1. The van der Waals surface area contributed by atoms with E-state index >= 15 is 0 Å². The normalized spacial score (nSPS) is 12.2. The van der Waals surface area contributed by atoms with Crippen LogP contribution in [0.25, 0.3) is 11.0 Å². The molecule has 25 heavy (non-hydrogen) atoms. The molecule has 4 nitrogen and oxygen atoms in total. The third-order valence-corrected chi connectivity index (χ3v) is 4.58. The summed E-state index contributed by atoms with van der Waals surface area (Å²) in [4.78, 5) is 23.5. The Morgan fingerprint density at radius 2 is 1.60 bits per heavy atom. The van der Waals surface area contributed by atoms with E-state index in [0.717, 1.165) is 22.5 Å². The monoisotopic (exact) mass is 337 g/mol. The third-order valence-electron chi connectivity index (χ3n) is 4.58. The largest absolute Gasteiger partial charge is 0.335 e. The van der Waals surface area contributed by atoms with Crippen molar-refractivity contribution in [3.05, 3.63) is 70.8 Å². The number of rotatable bonds is 3. The number of carbonyl (C=O) groups excluding carboxylic acids is 1. The summed E-state index contributed by atoms with van der Waals surface area (Å²) >= 11 is 0. The number of halogens is 1. The van der Waals surface area contributed by atoms with Crippen molar-refractivity contribution in [2.45, 2.75) is 26.8 Å². The molecule has 3 rings (SSSR count). The second kappa shape index (κ2) is 6.59. The maximum Gasteiger partial charge on any atom is 0.254 e. The van der Waals surface area contributed by atoms with Crippen molar-refractivity contribution < 1.29 is 9.18 Å². The molecule has 128 valence electrons. The first-order valence-electron chi connectivity index (χ1n) is 8.14. The highest BCUT2D eigenvalue weighted by Crippen LogP contribution is 2.22. The van der Waals surface area contributed by atoms with Crippen LogP contribution in [0.3, 0.4) is 0 Å². The van der Waals surface area contributed by atoms with E-state index in [1.54, 1.807) is 36.2 Å². The SMILES string of the molecule is Cc1nc2ccc(C(=O)N(C)C(C)c3ccc(F)cc3)cc2nc1C. The second-order valence-electron chi connectivity index (χ2n) is 6.24. The van der Waals surface area contributed by atoms with Crippen LogP contribution in [-0.4, -0.2) is 27.8 Å². The first kappa shape index (κ1) is 17.0. The van der Waals surface area contributed by atoms with E-state index in [-0.39, 0.29) is 17.8 Å². The van der Waals surface area contributed by atoms with Gasteiger partial charge in [0.05, 0.1) is 28.5 Å². The number of hydrogen-bond acceptors (Lipinski definition) is 3. The van der Waals surface area contributed by atoms with Crippen molar-refractivity contribution in [1.82, 2.24) is 14.9 Å². The van der Waals surface area contributed by atoms with Gasteiger partial charge in [-0.25, -0.2) is 14.4 Å². The van der Waals surface area contributed by atoms with Crippen molar-refractivity contribution in [3.63, 3.8) is 0 Å². The number of hydrogen-bond donors (Lipinski definition) is 0. The lowest BCUT2D eigenvalue weighted by Crippen LogP contribution is -2.29. The topological polar surface area (TPSA) is 46.1 Å². The van der Waals surface area contributed by atoms with E-state index in [2.05, 4.69) is 9.97 Å². The Bertz CT molecular complexity index is 938. The van der Waals surface area contributed by atoms with Gasteiger partial charge in [0, 0.05) is 12.6 Å². The fourth-order valence-corrected chi connectivity index (χ4v) is 2.71. The quantitative estimate of drug-likeness (QED) is 0.719. The summed E-state index contributed by atoms with van der Waals surface area (Å²) < 4.78 is 13.1. The molecule has 0 aliphatic carbocycles. The number of nitrogens with zero attached hydrogens (tertiary/aromatic N) is 3. The van der Waals surface area contributed by atoms with Crippen molar-refractivity contribution in [2.75, 3.05) is 7.05 Å². The molecule has 1 unspecified atom stereocenters. The van der Waals surface area contributed by atoms with Crippen LogP contribution in [0, 0.1) is 19.7 Å². The molecule has 5 heteroatoms. The smallest absolute Gasteiger partial charge is 0.254 e. The molecule has 3 aromatic rings. The number of amides is 1. The maximum absolute atomic E-state index is 13.1. The molecule has 0 N–H and O–H groups in total. The van der Waals surface area contributed by atoms with Gasteiger partial charge in [0.2, 0.25) is 0 Å². The minimum Gasteiger partial charge on any atom is -0.335 e. The summed E-state index contributed by atoms with van der Waals surface area (Å²) in [5, 5.41) is 0. The van der Waals surface area contributed by atoms with Crippen molar-refractivity contribution in [1.29, 1.82) is 0 Å². The lowest BCUT2D eigenvalue weighted by Gasteiger charge is -2.25. The molecule has 0 aliphatic heterocycles. The highest BCUT2D eigenvalue weighted by atomic mass is 19.1. The average molecular weight is 337 g/mol. The van der Waals surface area contributed by atoms with E-state index in [1.165, 1.54) is 12.1 Å². The zero-order chi connectivity index (χ0) is 18.1. The Morgan fingerprint density at radius 3 is 2.24 bits per heavy atom. The fraction of sp³-hybridized carbons (Fsp3) is 0.250. The van der Waals surface area contributed by atoms with Crippen LogP contribution in [0.5, 0.6) is 0 Å². The van der Waals surface area contributed by atoms with Crippen molar-refractivity contribution >= 4 is 16.9 Å². The Kier molecular flexibility index (Phi) is 4.49. The van der Waals surface area contributed by atoms with Crippen LogP contribution >= 0.6 is 0 Å². The maximum atomic E-state index is 13.1. The molecule has 0 saturated carbocycles. The lowest BCUT2D eigenvalue weighted by molar-refractivity contribution is 0.0743. The van der Waals surface area contributed by atoms with Gasteiger partial charge in [0.1, 0.15) is 5.82 Å². The van der Waals surface area contributed by atoms with Crippen LogP contribution in [0.4, 0.5) is 4.39 Å². The van der Waals surface area contributed by atoms with E-state index in [9.17, 15) is 9.18 Å². The van der Waals surface area contributed by atoms with Crippen molar-refractivity contribution in [3.8, 4) is 0 Å². The van der Waals surface area contributed by atoms with Crippen LogP contribution in [-0.2, 0) is 0 Å². The number of aromatic nitrogens is 2. The van der Waals surface area contributed by atoms with E-state index in [1.807, 2.05) is 26.8 Å². The molecular weight excluding hydrogens is 317 g/mol. The van der Waals surface area contributed by atoms with E-state index in [4.69, 9.17) is 0 Å². The van der Waals surface area contributed by atoms with Crippen LogP contribution in [0.15, 0.2) is 42.5 Å². The highest BCUT2D eigenvalue weighted by molar-refractivity contribution is 5.97. The van der Waals surface area contributed by atoms with Crippen LogP contribution in [0.1, 0.15) is 40.3 Å². The summed E-state index contributed by atoms with van der Waals surface area (Å²) in [6.07, 6.45) is 0. The first-order chi connectivity index (χ1) is 11.9. The number of carbonyl (C=O) groups is 1.